The molecule has 0 unspecified atom stereocenters. The van der Waals surface area contributed by atoms with Gasteiger partial charge >= 0.3 is 0 Å². The number of nitro benzene ring substituents is 1. The van der Waals surface area contributed by atoms with E-state index in [1.165, 1.54) is 56.0 Å². The number of benzene rings is 1. The van der Waals surface area contributed by atoms with E-state index in [1.807, 2.05) is 0 Å². The van der Waals surface area contributed by atoms with Gasteiger partial charge in [-0.3, -0.25) is 14.9 Å². The third-order valence-corrected chi connectivity index (χ3v) is 5.63. The molecule has 1 aliphatic carbocycles. The van der Waals surface area contributed by atoms with E-state index in [9.17, 15) is 14.9 Å². The Labute approximate surface area is 155 Å². The van der Waals surface area contributed by atoms with Gasteiger partial charge in [0, 0.05) is 35.9 Å². The van der Waals surface area contributed by atoms with Crippen LogP contribution < -0.4 is 11.1 Å². The zero-order chi connectivity index (χ0) is 18.5. The van der Waals surface area contributed by atoms with E-state index in [1.54, 1.807) is 11.3 Å². The van der Waals surface area contributed by atoms with E-state index < -0.39 is 4.92 Å². The van der Waals surface area contributed by atoms with Gasteiger partial charge < -0.3 is 11.1 Å². The van der Waals surface area contributed by atoms with Crippen molar-refractivity contribution in [2.24, 2.45) is 0 Å². The van der Waals surface area contributed by atoms with Crippen molar-refractivity contribution in [1.29, 1.82) is 0 Å². The Morgan fingerprint density at radius 1 is 1.35 bits per heavy atom. The first-order valence-electron chi connectivity index (χ1n) is 8.81. The van der Waals surface area contributed by atoms with Crippen molar-refractivity contribution in [3.8, 4) is 0 Å². The van der Waals surface area contributed by atoms with Gasteiger partial charge in [0.25, 0.3) is 11.6 Å². The van der Waals surface area contributed by atoms with Gasteiger partial charge in [-0.1, -0.05) is 19.3 Å². The molecule has 1 aliphatic rings. The summed E-state index contributed by atoms with van der Waals surface area (Å²) in [6, 6.07) is 4.07. The van der Waals surface area contributed by atoms with Crippen molar-refractivity contribution >= 4 is 28.6 Å². The van der Waals surface area contributed by atoms with Crippen LogP contribution in [0.15, 0.2) is 23.6 Å². The molecular formula is C18H22N4O3S. The first kappa shape index (κ1) is 18.3. The summed E-state index contributed by atoms with van der Waals surface area (Å²) in [7, 11) is 0. The minimum absolute atomic E-state index is 0.0459. The highest BCUT2D eigenvalue weighted by Gasteiger charge is 2.18. The lowest BCUT2D eigenvalue weighted by Crippen LogP contribution is -2.25. The summed E-state index contributed by atoms with van der Waals surface area (Å²) < 4.78 is 0. The molecular weight excluding hydrogens is 352 g/mol. The van der Waals surface area contributed by atoms with Crippen molar-refractivity contribution in [3.63, 3.8) is 0 Å². The summed E-state index contributed by atoms with van der Waals surface area (Å²) in [4.78, 5) is 27.2. The Bertz CT molecular complexity index is 799. The molecule has 1 saturated carbocycles. The van der Waals surface area contributed by atoms with Crippen LogP contribution >= 0.6 is 11.3 Å². The van der Waals surface area contributed by atoms with Gasteiger partial charge in [0.05, 0.1) is 15.6 Å². The number of nitro groups is 1. The van der Waals surface area contributed by atoms with Crippen LogP contribution in [0, 0.1) is 10.1 Å². The molecule has 138 valence electrons. The van der Waals surface area contributed by atoms with Gasteiger partial charge in [0.2, 0.25) is 0 Å². The van der Waals surface area contributed by atoms with Crippen LogP contribution in [0.2, 0.25) is 0 Å². The Morgan fingerprint density at radius 2 is 2.12 bits per heavy atom. The SMILES string of the molecule is Nc1ccc(C(=O)NCCc2nc(C3CCCCC3)cs2)cc1[N+](=O)[O-]. The highest BCUT2D eigenvalue weighted by atomic mass is 32.1. The number of amides is 1. The molecule has 3 N–H and O–H groups in total. The number of carbonyl (C=O) groups excluding carboxylic acids is 1. The molecule has 8 heteroatoms. The number of nitrogens with two attached hydrogens (primary N) is 1. The molecule has 1 heterocycles. The molecule has 0 radical (unpaired) electrons. The Kier molecular flexibility index (Phi) is 5.82. The summed E-state index contributed by atoms with van der Waals surface area (Å²) >= 11 is 1.63. The maximum atomic E-state index is 12.2. The lowest BCUT2D eigenvalue weighted by Gasteiger charge is -2.19. The summed E-state index contributed by atoms with van der Waals surface area (Å²) in [5.74, 6) is 0.232. The van der Waals surface area contributed by atoms with Crippen LogP contribution in [-0.2, 0) is 6.42 Å². The first-order valence-corrected chi connectivity index (χ1v) is 9.69. The lowest BCUT2D eigenvalue weighted by atomic mass is 9.87. The quantitative estimate of drug-likeness (QED) is 0.455. The van der Waals surface area contributed by atoms with Crippen LogP contribution in [0.5, 0.6) is 0 Å². The third-order valence-electron chi connectivity index (χ3n) is 4.71. The minimum Gasteiger partial charge on any atom is -0.393 e. The largest absolute Gasteiger partial charge is 0.393 e. The molecule has 3 rings (SSSR count). The van der Waals surface area contributed by atoms with Crippen LogP contribution in [0.25, 0.3) is 0 Å². The number of anilines is 1. The van der Waals surface area contributed by atoms with E-state index >= 15 is 0 Å². The minimum atomic E-state index is -0.589. The highest BCUT2D eigenvalue weighted by molar-refractivity contribution is 7.09. The van der Waals surface area contributed by atoms with Crippen LogP contribution in [-0.4, -0.2) is 22.4 Å². The van der Waals surface area contributed by atoms with Gasteiger partial charge in [-0.05, 0) is 25.0 Å². The molecule has 0 spiro atoms. The molecule has 1 aromatic heterocycles. The fourth-order valence-corrected chi connectivity index (χ4v) is 4.13. The number of nitrogen functional groups attached to an aromatic ring is 1. The molecule has 0 atom stereocenters. The predicted octanol–water partition coefficient (Wildman–Crippen LogP) is 3.65. The first-order chi connectivity index (χ1) is 12.5. The molecule has 2 aromatic rings. The van der Waals surface area contributed by atoms with Crippen molar-refractivity contribution in [3.05, 3.63) is 50.0 Å². The second kappa shape index (κ2) is 8.27. The molecule has 1 amide bonds. The summed E-state index contributed by atoms with van der Waals surface area (Å²) in [5.41, 5.74) is 6.76. The standard InChI is InChI=1S/C18H22N4O3S/c19-14-7-6-13(10-16(14)22(24)25)18(23)20-9-8-17-21-15(11-26-17)12-4-2-1-3-5-12/h6-7,10-12H,1-5,8-9,19H2,(H,20,23). The van der Waals surface area contributed by atoms with Crippen LogP contribution in [0.4, 0.5) is 11.4 Å². The smallest absolute Gasteiger partial charge is 0.292 e. The van der Waals surface area contributed by atoms with Gasteiger partial charge in [0.15, 0.2) is 0 Å². The topological polar surface area (TPSA) is 111 Å². The number of hydrogen-bond donors (Lipinski definition) is 2. The Hall–Kier alpha value is -2.48. The van der Waals surface area contributed by atoms with Crippen LogP contribution in [0.1, 0.15) is 59.1 Å². The van der Waals surface area contributed by atoms with E-state index in [0.29, 0.717) is 18.9 Å². The van der Waals surface area contributed by atoms with Crippen molar-refractivity contribution in [2.45, 2.75) is 44.4 Å². The number of aromatic nitrogens is 1. The van der Waals surface area contributed by atoms with Gasteiger partial charge in [-0.2, -0.15) is 0 Å². The number of nitrogens with one attached hydrogen (secondary N) is 1. The number of thiazole rings is 1. The second-order valence-corrected chi connectivity index (χ2v) is 7.48. The number of hydrogen-bond acceptors (Lipinski definition) is 6. The lowest BCUT2D eigenvalue weighted by molar-refractivity contribution is -0.383. The van der Waals surface area contributed by atoms with Crippen molar-refractivity contribution in [2.75, 3.05) is 12.3 Å². The predicted molar refractivity (Wildman–Crippen MR) is 101 cm³/mol. The fraction of sp³-hybridized carbons (Fsp3) is 0.444. The number of rotatable bonds is 6. The fourth-order valence-electron chi connectivity index (χ4n) is 3.25. The number of carbonyl (C=O) groups is 1. The Balaban J connectivity index is 1.53. The summed E-state index contributed by atoms with van der Waals surface area (Å²) in [5, 5.41) is 16.8. The zero-order valence-electron chi connectivity index (χ0n) is 14.4. The third kappa shape index (κ3) is 4.37. The van der Waals surface area contributed by atoms with E-state index in [0.717, 1.165) is 5.01 Å². The molecule has 7 nitrogen and oxygen atoms in total. The van der Waals surface area contributed by atoms with Gasteiger partial charge in [-0.25, -0.2) is 4.98 Å². The monoisotopic (exact) mass is 374 g/mol. The second-order valence-electron chi connectivity index (χ2n) is 6.54. The van der Waals surface area contributed by atoms with Crippen molar-refractivity contribution in [1.82, 2.24) is 10.3 Å². The normalized spacial score (nSPS) is 14.9. The number of nitrogens with zero attached hydrogens (tertiary/aromatic N) is 2. The van der Waals surface area contributed by atoms with Gasteiger partial charge in [0.1, 0.15) is 5.69 Å². The average Bonchev–Trinajstić information content (AvgIpc) is 3.11. The summed E-state index contributed by atoms with van der Waals surface area (Å²) in [6.07, 6.45) is 6.97. The average molecular weight is 374 g/mol. The maximum Gasteiger partial charge on any atom is 0.292 e. The van der Waals surface area contributed by atoms with Gasteiger partial charge in [-0.15, -0.1) is 11.3 Å². The highest BCUT2D eigenvalue weighted by Crippen LogP contribution is 2.33. The molecule has 1 fully saturated rings. The molecule has 1 aromatic carbocycles. The Morgan fingerprint density at radius 3 is 2.85 bits per heavy atom. The molecule has 26 heavy (non-hydrogen) atoms. The van der Waals surface area contributed by atoms with Crippen molar-refractivity contribution < 1.29 is 9.72 Å². The van der Waals surface area contributed by atoms with E-state index in [-0.39, 0.29) is 22.8 Å². The zero-order valence-corrected chi connectivity index (χ0v) is 15.3. The molecule has 0 saturated heterocycles. The maximum absolute atomic E-state index is 12.2. The molecule has 0 aliphatic heterocycles. The van der Waals surface area contributed by atoms with E-state index in [2.05, 4.69) is 10.7 Å². The summed E-state index contributed by atoms with van der Waals surface area (Å²) in [6.45, 7) is 0.439. The molecule has 0 bridgehead atoms. The van der Waals surface area contributed by atoms with Crippen LogP contribution in [0.3, 0.4) is 0 Å². The van der Waals surface area contributed by atoms with E-state index in [4.69, 9.17) is 10.7 Å².